The van der Waals surface area contributed by atoms with Gasteiger partial charge in [-0.05, 0) is 38.8 Å². The van der Waals surface area contributed by atoms with Gasteiger partial charge in [-0.1, -0.05) is 48.2 Å². The molecule has 1 aromatic carbocycles. The summed E-state index contributed by atoms with van der Waals surface area (Å²) < 4.78 is 5.68. The highest BCUT2D eigenvalue weighted by Gasteiger charge is 2.17. The Morgan fingerprint density at radius 3 is 2.58 bits per heavy atom. The number of nitrogens with one attached hydrogen (secondary N) is 1. The Morgan fingerprint density at radius 2 is 1.88 bits per heavy atom. The van der Waals surface area contributed by atoms with E-state index in [-0.39, 0.29) is 5.91 Å². The van der Waals surface area contributed by atoms with Crippen molar-refractivity contribution < 1.29 is 9.21 Å². The molecule has 0 unspecified atom stereocenters. The number of aromatic nitrogens is 2. The van der Waals surface area contributed by atoms with Gasteiger partial charge in [0.05, 0.1) is 5.75 Å². The number of amides is 1. The summed E-state index contributed by atoms with van der Waals surface area (Å²) in [6.45, 7) is 4.08. The number of carbonyl (C=O) groups is 1. The Kier molecular flexibility index (Phi) is 5.56. The molecular formula is C18H23N3O2S. The second kappa shape index (κ2) is 7.83. The molecule has 1 saturated carbocycles. The van der Waals surface area contributed by atoms with Crippen LogP contribution in [0.2, 0.25) is 0 Å². The number of aryl methyl sites for hydroxylation is 2. The Hall–Kier alpha value is -1.82. The molecule has 1 amide bonds. The predicted octanol–water partition coefficient (Wildman–Crippen LogP) is 3.89. The third kappa shape index (κ3) is 4.60. The summed E-state index contributed by atoms with van der Waals surface area (Å²) in [6.07, 6.45) is 5.88. The van der Waals surface area contributed by atoms with E-state index < -0.39 is 0 Å². The Morgan fingerprint density at radius 1 is 1.17 bits per heavy atom. The van der Waals surface area contributed by atoms with Crippen LogP contribution in [0.4, 0.5) is 0 Å². The summed E-state index contributed by atoms with van der Waals surface area (Å²) in [5.74, 6) is 0.848. The van der Waals surface area contributed by atoms with Crippen LogP contribution < -0.4 is 5.32 Å². The van der Waals surface area contributed by atoms with Gasteiger partial charge in [0.1, 0.15) is 0 Å². The molecule has 0 spiro atoms. The van der Waals surface area contributed by atoms with Gasteiger partial charge in [0.15, 0.2) is 0 Å². The first-order valence-corrected chi connectivity index (χ1v) is 9.43. The number of hydrogen-bond donors (Lipinski definition) is 1. The van der Waals surface area contributed by atoms with Crippen molar-refractivity contribution >= 4 is 17.7 Å². The number of rotatable bonds is 5. The summed E-state index contributed by atoms with van der Waals surface area (Å²) in [4.78, 5) is 12.0. The van der Waals surface area contributed by atoms with Crippen molar-refractivity contribution in [1.82, 2.24) is 15.5 Å². The van der Waals surface area contributed by atoms with E-state index in [4.69, 9.17) is 4.42 Å². The molecule has 24 heavy (non-hydrogen) atoms. The van der Waals surface area contributed by atoms with Crippen molar-refractivity contribution in [3.05, 3.63) is 29.3 Å². The van der Waals surface area contributed by atoms with E-state index in [1.54, 1.807) is 0 Å². The van der Waals surface area contributed by atoms with Crippen molar-refractivity contribution in [2.75, 3.05) is 5.75 Å². The number of benzene rings is 1. The van der Waals surface area contributed by atoms with Crippen LogP contribution in [0, 0.1) is 13.8 Å². The fourth-order valence-corrected chi connectivity index (χ4v) is 3.70. The van der Waals surface area contributed by atoms with E-state index in [1.165, 1.54) is 31.0 Å². The minimum Gasteiger partial charge on any atom is -0.411 e. The predicted molar refractivity (Wildman–Crippen MR) is 94.9 cm³/mol. The monoisotopic (exact) mass is 345 g/mol. The minimum absolute atomic E-state index is 0.0399. The van der Waals surface area contributed by atoms with Crippen LogP contribution >= 0.6 is 11.8 Å². The SMILES string of the molecule is Cc1cc(C)cc(-c2nnc(SCC(=O)NC3CCCCC3)o2)c1. The van der Waals surface area contributed by atoms with E-state index in [0.717, 1.165) is 29.5 Å². The first-order chi connectivity index (χ1) is 11.6. The normalized spacial score (nSPS) is 15.4. The van der Waals surface area contributed by atoms with Crippen molar-refractivity contribution in [3.63, 3.8) is 0 Å². The van der Waals surface area contributed by atoms with Crippen molar-refractivity contribution in [3.8, 4) is 11.5 Å². The molecular weight excluding hydrogens is 322 g/mol. The summed E-state index contributed by atoms with van der Waals surface area (Å²) in [5.41, 5.74) is 3.23. The summed E-state index contributed by atoms with van der Waals surface area (Å²) in [6, 6.07) is 6.47. The highest BCUT2D eigenvalue weighted by molar-refractivity contribution is 7.99. The Balaban J connectivity index is 1.55. The molecule has 1 aromatic heterocycles. The van der Waals surface area contributed by atoms with Crippen molar-refractivity contribution in [1.29, 1.82) is 0 Å². The molecule has 1 fully saturated rings. The summed E-state index contributed by atoms with van der Waals surface area (Å²) >= 11 is 1.29. The number of hydrogen-bond acceptors (Lipinski definition) is 5. The molecule has 1 heterocycles. The zero-order chi connectivity index (χ0) is 16.9. The molecule has 2 aromatic rings. The van der Waals surface area contributed by atoms with Crippen LogP contribution in [0.3, 0.4) is 0 Å². The lowest BCUT2D eigenvalue weighted by Gasteiger charge is -2.22. The van der Waals surface area contributed by atoms with Gasteiger partial charge in [0.2, 0.25) is 11.8 Å². The molecule has 0 aliphatic heterocycles. The highest BCUT2D eigenvalue weighted by atomic mass is 32.2. The summed E-state index contributed by atoms with van der Waals surface area (Å²) in [5, 5.41) is 11.7. The maximum Gasteiger partial charge on any atom is 0.277 e. The Labute approximate surface area is 146 Å². The van der Waals surface area contributed by atoms with Gasteiger partial charge in [-0.2, -0.15) is 0 Å². The smallest absolute Gasteiger partial charge is 0.277 e. The van der Waals surface area contributed by atoms with Gasteiger partial charge in [0, 0.05) is 11.6 Å². The van der Waals surface area contributed by atoms with E-state index in [0.29, 0.717) is 22.9 Å². The highest BCUT2D eigenvalue weighted by Crippen LogP contribution is 2.25. The van der Waals surface area contributed by atoms with Gasteiger partial charge in [-0.15, -0.1) is 10.2 Å². The molecule has 1 aliphatic carbocycles. The molecule has 0 bridgehead atoms. The van der Waals surface area contributed by atoms with Gasteiger partial charge < -0.3 is 9.73 Å². The van der Waals surface area contributed by atoms with Crippen LogP contribution in [0.25, 0.3) is 11.5 Å². The lowest BCUT2D eigenvalue weighted by molar-refractivity contribution is -0.119. The first-order valence-electron chi connectivity index (χ1n) is 8.44. The maximum atomic E-state index is 12.0. The molecule has 1 N–H and O–H groups in total. The minimum atomic E-state index is 0.0399. The van der Waals surface area contributed by atoms with E-state index in [2.05, 4.69) is 21.6 Å². The van der Waals surface area contributed by atoms with Gasteiger partial charge in [-0.3, -0.25) is 4.79 Å². The molecule has 6 heteroatoms. The van der Waals surface area contributed by atoms with E-state index in [9.17, 15) is 4.79 Å². The average Bonchev–Trinajstić information content (AvgIpc) is 3.02. The average molecular weight is 345 g/mol. The van der Waals surface area contributed by atoms with Gasteiger partial charge in [0.25, 0.3) is 5.22 Å². The molecule has 0 saturated heterocycles. The molecule has 1 aliphatic rings. The zero-order valence-electron chi connectivity index (χ0n) is 14.2. The third-order valence-corrected chi connectivity index (χ3v) is 4.99. The molecule has 0 atom stereocenters. The van der Waals surface area contributed by atoms with Crippen LogP contribution in [0.1, 0.15) is 43.2 Å². The topological polar surface area (TPSA) is 68.0 Å². The standard InChI is InChI=1S/C18H23N3O2S/c1-12-8-13(2)10-14(9-12)17-20-21-18(23-17)24-11-16(22)19-15-6-4-3-5-7-15/h8-10,15H,3-7,11H2,1-2H3,(H,19,22). The largest absolute Gasteiger partial charge is 0.411 e. The maximum absolute atomic E-state index is 12.0. The van der Waals surface area contributed by atoms with Gasteiger partial charge >= 0.3 is 0 Å². The second-order valence-electron chi connectivity index (χ2n) is 6.44. The summed E-state index contributed by atoms with van der Waals surface area (Å²) in [7, 11) is 0. The second-order valence-corrected chi connectivity index (χ2v) is 7.37. The van der Waals surface area contributed by atoms with E-state index >= 15 is 0 Å². The van der Waals surface area contributed by atoms with Crippen molar-refractivity contribution in [2.24, 2.45) is 0 Å². The van der Waals surface area contributed by atoms with Crippen LogP contribution in [-0.2, 0) is 4.79 Å². The van der Waals surface area contributed by atoms with Crippen LogP contribution in [-0.4, -0.2) is 27.9 Å². The quantitative estimate of drug-likeness (QED) is 0.833. The zero-order valence-corrected chi connectivity index (χ0v) is 15.0. The first kappa shape index (κ1) is 17.0. The Bertz CT molecular complexity index is 688. The van der Waals surface area contributed by atoms with E-state index in [1.807, 2.05) is 26.0 Å². The number of thioether (sulfide) groups is 1. The third-order valence-electron chi connectivity index (χ3n) is 4.17. The molecule has 5 nitrogen and oxygen atoms in total. The molecule has 0 radical (unpaired) electrons. The van der Waals surface area contributed by atoms with Gasteiger partial charge in [-0.25, -0.2) is 0 Å². The van der Waals surface area contributed by atoms with Crippen LogP contribution in [0.15, 0.2) is 27.8 Å². The fraction of sp³-hybridized carbons (Fsp3) is 0.500. The number of nitrogens with zero attached hydrogens (tertiary/aromatic N) is 2. The molecule has 128 valence electrons. The van der Waals surface area contributed by atoms with Crippen LogP contribution in [0.5, 0.6) is 0 Å². The number of carbonyl (C=O) groups excluding carboxylic acids is 1. The van der Waals surface area contributed by atoms with Crippen molar-refractivity contribution in [2.45, 2.75) is 57.2 Å². The molecule has 3 rings (SSSR count). The fourth-order valence-electron chi connectivity index (χ4n) is 3.13. The lowest BCUT2D eigenvalue weighted by Crippen LogP contribution is -2.37. The lowest BCUT2D eigenvalue weighted by atomic mass is 9.95.